The summed E-state index contributed by atoms with van der Waals surface area (Å²) >= 11 is 0. The van der Waals surface area contributed by atoms with E-state index in [1.807, 2.05) is 19.9 Å². The number of benzene rings is 1. The van der Waals surface area contributed by atoms with Crippen LogP contribution in [0.5, 0.6) is 0 Å². The molecule has 2 rings (SSSR count). The Morgan fingerprint density at radius 2 is 1.96 bits per heavy atom. The average Bonchev–Trinajstić information content (AvgIpc) is 2.64. The first-order valence-electron chi connectivity index (χ1n) is 9.68. The van der Waals surface area contributed by atoms with Gasteiger partial charge >= 0.3 is 0 Å². The van der Waals surface area contributed by atoms with Crippen molar-refractivity contribution in [2.75, 3.05) is 52.5 Å². The Hall–Kier alpha value is -1.63. The van der Waals surface area contributed by atoms with Crippen LogP contribution >= 0.6 is 0 Å². The zero-order chi connectivity index (χ0) is 18.7. The van der Waals surface area contributed by atoms with Crippen molar-refractivity contribution in [2.45, 2.75) is 32.3 Å². The summed E-state index contributed by atoms with van der Waals surface area (Å²) in [7, 11) is 0. The fraction of sp³-hybridized carbons (Fsp3) is 0.650. The lowest BCUT2D eigenvalue weighted by Gasteiger charge is -2.33. The maximum absolute atomic E-state index is 10.7. The van der Waals surface area contributed by atoms with Crippen LogP contribution in [-0.2, 0) is 11.2 Å². The lowest BCUT2D eigenvalue weighted by atomic mass is 10.1. The molecule has 0 bridgehead atoms. The zero-order valence-corrected chi connectivity index (χ0v) is 16.2. The van der Waals surface area contributed by atoms with Gasteiger partial charge in [0, 0.05) is 32.7 Å². The highest BCUT2D eigenvalue weighted by atomic mass is 16.5. The molecule has 0 saturated carbocycles. The summed E-state index contributed by atoms with van der Waals surface area (Å²) in [6, 6.07) is 10.5. The first-order chi connectivity index (χ1) is 12.6. The number of nitrogens with one attached hydrogen (secondary N) is 2. The second-order valence-electron chi connectivity index (χ2n) is 7.10. The van der Waals surface area contributed by atoms with Crippen LogP contribution in [0.1, 0.15) is 25.8 Å². The molecule has 6 nitrogen and oxygen atoms in total. The quantitative estimate of drug-likeness (QED) is 0.351. The summed E-state index contributed by atoms with van der Waals surface area (Å²) in [6.07, 6.45) is 2.08. The monoisotopic (exact) mass is 362 g/mol. The normalized spacial score (nSPS) is 18.3. The lowest BCUT2D eigenvalue weighted by molar-refractivity contribution is -0.0179. The van der Waals surface area contributed by atoms with Crippen molar-refractivity contribution in [3.63, 3.8) is 0 Å². The van der Waals surface area contributed by atoms with Crippen LogP contribution in [0.2, 0.25) is 0 Å². The molecule has 0 aromatic heterocycles. The third-order valence-corrected chi connectivity index (χ3v) is 4.37. The first-order valence-corrected chi connectivity index (χ1v) is 9.68. The highest BCUT2D eigenvalue weighted by molar-refractivity contribution is 5.79. The van der Waals surface area contributed by atoms with Crippen molar-refractivity contribution < 1.29 is 9.84 Å². The second-order valence-corrected chi connectivity index (χ2v) is 7.10. The molecule has 146 valence electrons. The largest absolute Gasteiger partial charge is 0.387 e. The van der Waals surface area contributed by atoms with Gasteiger partial charge in [0.15, 0.2) is 5.96 Å². The molecule has 1 fully saturated rings. The van der Waals surface area contributed by atoms with Gasteiger partial charge in [-0.05, 0) is 32.3 Å². The van der Waals surface area contributed by atoms with Gasteiger partial charge < -0.3 is 20.5 Å². The number of rotatable bonds is 9. The zero-order valence-electron chi connectivity index (χ0n) is 16.2. The first kappa shape index (κ1) is 20.7. The molecule has 0 aliphatic carbocycles. The Morgan fingerprint density at radius 3 is 2.65 bits per heavy atom. The molecule has 1 aliphatic heterocycles. The van der Waals surface area contributed by atoms with E-state index in [0.717, 1.165) is 58.2 Å². The topological polar surface area (TPSA) is 69.1 Å². The third kappa shape index (κ3) is 8.17. The summed E-state index contributed by atoms with van der Waals surface area (Å²) < 4.78 is 5.36. The van der Waals surface area contributed by atoms with Gasteiger partial charge in [0.1, 0.15) is 0 Å². The number of guanidine groups is 1. The summed E-state index contributed by atoms with van der Waals surface area (Å²) in [4.78, 5) is 6.82. The Morgan fingerprint density at radius 1 is 1.23 bits per heavy atom. The minimum atomic E-state index is -0.844. The van der Waals surface area contributed by atoms with Gasteiger partial charge in [-0.25, -0.2) is 0 Å². The molecule has 0 radical (unpaired) electrons. The molecular weight excluding hydrogens is 328 g/mol. The number of aliphatic hydroxyl groups is 1. The van der Waals surface area contributed by atoms with Crippen LogP contribution in [0.4, 0.5) is 0 Å². The smallest absolute Gasteiger partial charge is 0.191 e. The number of aryl methyl sites for hydroxylation is 1. The summed E-state index contributed by atoms with van der Waals surface area (Å²) in [5, 5.41) is 17.3. The molecule has 3 N–H and O–H groups in total. The lowest BCUT2D eigenvalue weighted by Crippen LogP contribution is -2.48. The van der Waals surface area contributed by atoms with Crippen LogP contribution in [0.25, 0.3) is 0 Å². The minimum absolute atomic E-state index is 0.373. The van der Waals surface area contributed by atoms with E-state index >= 15 is 0 Å². The van der Waals surface area contributed by atoms with Gasteiger partial charge in [-0.1, -0.05) is 30.3 Å². The molecule has 1 saturated heterocycles. The predicted molar refractivity (Wildman–Crippen MR) is 107 cm³/mol. The molecule has 26 heavy (non-hydrogen) atoms. The van der Waals surface area contributed by atoms with E-state index in [1.54, 1.807) is 0 Å². The van der Waals surface area contributed by atoms with E-state index in [1.165, 1.54) is 5.56 Å². The second kappa shape index (κ2) is 11.2. The van der Waals surface area contributed by atoms with Crippen molar-refractivity contribution in [2.24, 2.45) is 4.99 Å². The number of hydrogen-bond donors (Lipinski definition) is 3. The number of β-amino-alcohol motifs (C(OH)–C–C–N with tert-alkyl or cyclic N) is 1. The number of aliphatic imine (C=N–C) groups is 1. The third-order valence-electron chi connectivity index (χ3n) is 4.37. The van der Waals surface area contributed by atoms with Gasteiger partial charge in [0.05, 0.1) is 25.4 Å². The summed E-state index contributed by atoms with van der Waals surface area (Å²) in [5.41, 5.74) is 0.508. The van der Waals surface area contributed by atoms with Crippen LogP contribution in [-0.4, -0.2) is 74.0 Å². The van der Waals surface area contributed by atoms with Gasteiger partial charge in [-0.3, -0.25) is 9.89 Å². The highest BCUT2D eigenvalue weighted by Gasteiger charge is 2.25. The Bertz CT molecular complexity index is 528. The molecule has 0 amide bonds. The molecule has 1 aromatic carbocycles. The van der Waals surface area contributed by atoms with E-state index in [9.17, 15) is 5.11 Å². The Balaban J connectivity index is 1.75. The van der Waals surface area contributed by atoms with E-state index in [2.05, 4.69) is 44.8 Å². The maximum Gasteiger partial charge on any atom is 0.191 e. The van der Waals surface area contributed by atoms with Crippen LogP contribution in [0.15, 0.2) is 35.3 Å². The molecule has 6 heteroatoms. The van der Waals surface area contributed by atoms with Crippen LogP contribution in [0.3, 0.4) is 0 Å². The Labute approximate surface area is 157 Å². The molecule has 1 unspecified atom stereocenters. The summed E-state index contributed by atoms with van der Waals surface area (Å²) in [5.74, 6) is 0.766. The van der Waals surface area contributed by atoms with Crippen molar-refractivity contribution in [3.8, 4) is 0 Å². The van der Waals surface area contributed by atoms with Gasteiger partial charge in [0.25, 0.3) is 0 Å². The number of hydrogen-bond acceptors (Lipinski definition) is 4. The number of ether oxygens (including phenoxy) is 1. The van der Waals surface area contributed by atoms with E-state index in [4.69, 9.17) is 4.74 Å². The molecule has 0 spiro atoms. The summed E-state index contributed by atoms with van der Waals surface area (Å²) in [6.45, 7) is 9.78. The van der Waals surface area contributed by atoms with E-state index in [-0.39, 0.29) is 0 Å². The van der Waals surface area contributed by atoms with Crippen LogP contribution < -0.4 is 10.6 Å². The van der Waals surface area contributed by atoms with Gasteiger partial charge in [-0.15, -0.1) is 0 Å². The van der Waals surface area contributed by atoms with E-state index in [0.29, 0.717) is 13.1 Å². The minimum Gasteiger partial charge on any atom is -0.387 e. The fourth-order valence-electron chi connectivity index (χ4n) is 3.03. The molecule has 1 aliphatic rings. The van der Waals surface area contributed by atoms with Crippen molar-refractivity contribution in [1.82, 2.24) is 15.5 Å². The highest BCUT2D eigenvalue weighted by Crippen LogP contribution is 2.09. The van der Waals surface area contributed by atoms with Gasteiger partial charge in [0.2, 0.25) is 0 Å². The fourth-order valence-corrected chi connectivity index (χ4v) is 3.03. The van der Waals surface area contributed by atoms with Crippen molar-refractivity contribution in [3.05, 3.63) is 35.9 Å². The van der Waals surface area contributed by atoms with Crippen molar-refractivity contribution in [1.29, 1.82) is 0 Å². The number of morpholine rings is 1. The standard InChI is InChI=1S/C20H34N4O2/c1-3-21-19(22-11-7-10-18-8-5-4-6-9-18)23-16-20(2,25)17-24-12-14-26-15-13-24/h4-6,8-9,25H,3,7,10-17H2,1-2H3,(H2,21,22,23). The average molecular weight is 363 g/mol. The molecule has 1 aromatic rings. The maximum atomic E-state index is 10.7. The molecule has 1 heterocycles. The van der Waals surface area contributed by atoms with Crippen LogP contribution in [0, 0.1) is 0 Å². The number of nitrogens with zero attached hydrogens (tertiary/aromatic N) is 2. The molecular formula is C20H34N4O2. The van der Waals surface area contributed by atoms with Gasteiger partial charge in [-0.2, -0.15) is 0 Å². The SMILES string of the molecule is CCNC(=NCC(C)(O)CN1CCOCC1)NCCCc1ccccc1. The van der Waals surface area contributed by atoms with E-state index < -0.39 is 5.60 Å². The predicted octanol–water partition coefficient (Wildman–Crippen LogP) is 1.26. The van der Waals surface area contributed by atoms with Crippen molar-refractivity contribution >= 4 is 5.96 Å². The molecule has 1 atom stereocenters. The Kier molecular flexibility index (Phi) is 8.88.